The van der Waals surface area contributed by atoms with E-state index >= 15 is 0 Å². The lowest BCUT2D eigenvalue weighted by Crippen LogP contribution is -2.14. The Bertz CT molecular complexity index is 1070. The van der Waals surface area contributed by atoms with Gasteiger partial charge in [0, 0.05) is 5.69 Å². The Kier molecular flexibility index (Phi) is 7.47. The van der Waals surface area contributed by atoms with Crippen molar-refractivity contribution in [1.82, 2.24) is 9.78 Å². The number of anilines is 1. The first-order valence-electron chi connectivity index (χ1n) is 7.85. The molecule has 0 aliphatic heterocycles. The van der Waals surface area contributed by atoms with E-state index < -0.39 is 6.61 Å². The van der Waals surface area contributed by atoms with E-state index in [0.29, 0.717) is 29.7 Å². The lowest BCUT2D eigenvalue weighted by molar-refractivity contribution is -0.113. The van der Waals surface area contributed by atoms with E-state index in [9.17, 15) is 13.6 Å². The van der Waals surface area contributed by atoms with E-state index in [1.807, 2.05) is 0 Å². The number of ether oxygens (including phenoxy) is 1. The number of thioether (sulfide) groups is 1. The number of rotatable bonds is 7. The molecule has 1 N–H and O–H groups in total. The van der Waals surface area contributed by atoms with Gasteiger partial charge in [-0.2, -0.15) is 8.78 Å². The van der Waals surface area contributed by atoms with Crippen molar-refractivity contribution in [3.05, 3.63) is 56.5 Å². The zero-order valence-corrected chi connectivity index (χ0v) is 18.2. The number of nitrogens with zero attached hydrogens (tertiary/aromatic N) is 2. The van der Waals surface area contributed by atoms with Crippen LogP contribution in [-0.2, 0) is 4.79 Å². The molecule has 0 bridgehead atoms. The number of carbonyl (C=O) groups excluding carboxylic acids is 1. The van der Waals surface area contributed by atoms with Gasteiger partial charge < -0.3 is 10.1 Å². The average Bonchev–Trinajstić information content (AvgIpc) is 3.04. The molecule has 1 amide bonds. The molecule has 29 heavy (non-hydrogen) atoms. The first-order chi connectivity index (χ1) is 13.8. The van der Waals surface area contributed by atoms with Crippen molar-refractivity contribution >= 4 is 70.1 Å². The number of alkyl halides is 2. The second-order valence-corrected chi connectivity index (χ2v) is 9.04. The van der Waals surface area contributed by atoms with Gasteiger partial charge in [-0.25, -0.2) is 4.68 Å². The fourth-order valence-electron chi connectivity index (χ4n) is 2.14. The third-order valence-electron chi connectivity index (χ3n) is 3.37. The number of hydrogen-bond acceptors (Lipinski definition) is 6. The summed E-state index contributed by atoms with van der Waals surface area (Å²) in [5.41, 5.74) is 1.13. The van der Waals surface area contributed by atoms with Crippen molar-refractivity contribution in [3.63, 3.8) is 0 Å². The molecule has 0 aliphatic carbocycles. The quantitative estimate of drug-likeness (QED) is 0.309. The predicted octanol–water partition coefficient (Wildman–Crippen LogP) is 6.30. The number of carbonyl (C=O) groups is 1. The molecule has 2 aromatic carbocycles. The average molecular weight is 494 g/mol. The maximum Gasteiger partial charge on any atom is 0.387 e. The maximum atomic E-state index is 12.1. The van der Waals surface area contributed by atoms with Gasteiger partial charge in [-0.15, -0.1) is 5.10 Å². The van der Waals surface area contributed by atoms with Crippen LogP contribution in [0, 0.1) is 3.95 Å². The summed E-state index contributed by atoms with van der Waals surface area (Å²) >= 11 is 19.8. The molecule has 0 atom stereocenters. The second-order valence-electron chi connectivity index (χ2n) is 5.38. The molecule has 12 heteroatoms. The summed E-state index contributed by atoms with van der Waals surface area (Å²) in [5, 5.41) is 7.88. The van der Waals surface area contributed by atoms with Crippen LogP contribution in [0.25, 0.3) is 5.69 Å². The van der Waals surface area contributed by atoms with Crippen LogP contribution in [0.15, 0.2) is 46.8 Å². The van der Waals surface area contributed by atoms with Crippen molar-refractivity contribution in [3.8, 4) is 11.4 Å². The Hall–Kier alpha value is -1.72. The van der Waals surface area contributed by atoms with Gasteiger partial charge >= 0.3 is 6.61 Å². The number of hydrogen-bond donors (Lipinski definition) is 1. The number of nitrogens with one attached hydrogen (secondary N) is 1. The van der Waals surface area contributed by atoms with E-state index in [4.69, 9.17) is 35.4 Å². The van der Waals surface area contributed by atoms with Gasteiger partial charge in [0.1, 0.15) is 5.75 Å². The van der Waals surface area contributed by atoms with Crippen LogP contribution >= 0.6 is 58.5 Å². The molecule has 0 unspecified atom stereocenters. The van der Waals surface area contributed by atoms with E-state index in [-0.39, 0.29) is 17.4 Å². The fraction of sp³-hybridized carbons (Fsp3) is 0.118. The standard InChI is InChI=1S/C17H11Cl2F2N3O2S3/c18-12-6-3-10(7-13(12)19)24-17(27)29-16(23-24)28-8-14(25)22-9-1-4-11(5-2-9)26-15(20)21/h1-7,15H,8H2,(H,22,25). The van der Waals surface area contributed by atoms with Crippen LogP contribution in [0.4, 0.5) is 14.5 Å². The molecule has 3 aromatic rings. The summed E-state index contributed by atoms with van der Waals surface area (Å²) in [6, 6.07) is 10.7. The minimum atomic E-state index is -2.90. The molecular formula is C17H11Cl2F2N3O2S3. The van der Waals surface area contributed by atoms with Crippen LogP contribution in [0.3, 0.4) is 0 Å². The summed E-state index contributed by atoms with van der Waals surface area (Å²) in [6.07, 6.45) is 0. The molecule has 0 saturated carbocycles. The maximum absolute atomic E-state index is 12.1. The van der Waals surface area contributed by atoms with Crippen LogP contribution in [0.1, 0.15) is 0 Å². The molecule has 5 nitrogen and oxygen atoms in total. The van der Waals surface area contributed by atoms with Crippen LogP contribution in [0.2, 0.25) is 10.0 Å². The van der Waals surface area contributed by atoms with Crippen LogP contribution in [-0.4, -0.2) is 28.1 Å². The SMILES string of the molecule is O=C(CSc1nn(-c2ccc(Cl)c(Cl)c2)c(=S)s1)Nc1ccc(OC(F)F)cc1. The normalized spacial score (nSPS) is 10.9. The molecule has 0 aliphatic rings. The smallest absolute Gasteiger partial charge is 0.387 e. The summed E-state index contributed by atoms with van der Waals surface area (Å²) in [5.74, 6) is -0.168. The molecular weight excluding hydrogens is 483 g/mol. The van der Waals surface area contributed by atoms with Crippen molar-refractivity contribution in [2.45, 2.75) is 11.0 Å². The van der Waals surface area contributed by atoms with Crippen molar-refractivity contribution in [2.24, 2.45) is 0 Å². The highest BCUT2D eigenvalue weighted by molar-refractivity contribution is 8.01. The molecule has 152 valence electrons. The van der Waals surface area contributed by atoms with Crippen molar-refractivity contribution in [1.29, 1.82) is 0 Å². The van der Waals surface area contributed by atoms with Crippen LogP contribution in [0.5, 0.6) is 5.75 Å². The first kappa shape index (κ1) is 22.0. The van der Waals surface area contributed by atoms with Gasteiger partial charge in [0.15, 0.2) is 8.29 Å². The number of benzene rings is 2. The summed E-state index contributed by atoms with van der Waals surface area (Å²) in [7, 11) is 0. The van der Waals surface area contributed by atoms with Gasteiger partial charge in [0.2, 0.25) is 5.91 Å². The molecule has 0 radical (unpaired) electrons. The number of aromatic nitrogens is 2. The monoisotopic (exact) mass is 493 g/mol. The minimum absolute atomic E-state index is 0.0139. The van der Waals surface area contributed by atoms with Gasteiger partial charge in [-0.1, -0.05) is 46.3 Å². The van der Waals surface area contributed by atoms with E-state index in [2.05, 4.69) is 15.2 Å². The molecule has 0 saturated heterocycles. The Labute approximate surface area is 187 Å². The van der Waals surface area contributed by atoms with Crippen molar-refractivity contribution < 1.29 is 18.3 Å². The molecule has 1 heterocycles. The third-order valence-corrected chi connectivity index (χ3v) is 6.47. The van der Waals surface area contributed by atoms with Gasteiger partial charge in [0.25, 0.3) is 0 Å². The molecule has 0 spiro atoms. The third kappa shape index (κ3) is 6.13. The molecule has 1 aromatic heterocycles. The topological polar surface area (TPSA) is 56.2 Å². The Morgan fingerprint density at radius 2 is 1.97 bits per heavy atom. The summed E-state index contributed by atoms with van der Waals surface area (Å²) in [6.45, 7) is -2.90. The lowest BCUT2D eigenvalue weighted by Gasteiger charge is -2.07. The second kappa shape index (κ2) is 9.86. The number of amides is 1. The Balaban J connectivity index is 1.59. The highest BCUT2D eigenvalue weighted by atomic mass is 35.5. The molecule has 3 rings (SSSR count). The summed E-state index contributed by atoms with van der Waals surface area (Å²) < 4.78 is 31.2. The lowest BCUT2D eigenvalue weighted by atomic mass is 10.3. The predicted molar refractivity (Wildman–Crippen MR) is 115 cm³/mol. The zero-order valence-electron chi connectivity index (χ0n) is 14.3. The van der Waals surface area contributed by atoms with Gasteiger partial charge in [0.05, 0.1) is 21.5 Å². The fourth-order valence-corrected chi connectivity index (χ4v) is 4.60. The summed E-state index contributed by atoms with van der Waals surface area (Å²) in [4.78, 5) is 12.1. The zero-order chi connectivity index (χ0) is 21.0. The highest BCUT2D eigenvalue weighted by Gasteiger charge is 2.11. The Morgan fingerprint density at radius 3 is 2.62 bits per heavy atom. The largest absolute Gasteiger partial charge is 0.435 e. The first-order valence-corrected chi connectivity index (χ1v) is 10.8. The van der Waals surface area contributed by atoms with E-state index in [1.165, 1.54) is 47.4 Å². The van der Waals surface area contributed by atoms with E-state index in [1.54, 1.807) is 22.9 Å². The highest BCUT2D eigenvalue weighted by Crippen LogP contribution is 2.28. The minimum Gasteiger partial charge on any atom is -0.435 e. The van der Waals surface area contributed by atoms with Gasteiger partial charge in [-0.3, -0.25) is 4.79 Å². The number of halogens is 4. The molecule has 0 fully saturated rings. The van der Waals surface area contributed by atoms with Crippen LogP contribution < -0.4 is 10.1 Å². The van der Waals surface area contributed by atoms with Gasteiger partial charge in [-0.05, 0) is 54.7 Å². The van der Waals surface area contributed by atoms with Crippen molar-refractivity contribution in [2.75, 3.05) is 11.1 Å². The van der Waals surface area contributed by atoms with E-state index in [0.717, 1.165) is 0 Å². The Morgan fingerprint density at radius 1 is 1.24 bits per heavy atom.